The number of hydrogen-bond acceptors (Lipinski definition) is 3. The monoisotopic (exact) mass is 421 g/mol. The zero-order chi connectivity index (χ0) is 20.9. The molecule has 2 heterocycles. The van der Waals surface area contributed by atoms with E-state index < -0.39 is 11.7 Å². The van der Waals surface area contributed by atoms with Crippen LogP contribution in [-0.2, 0) is 23.9 Å². The molecule has 164 valence electrons. The topological polar surface area (TPSA) is 45.2 Å². The van der Waals surface area contributed by atoms with Crippen molar-refractivity contribution in [2.45, 2.75) is 89.0 Å². The number of hydrogen-bond donors (Lipinski definition) is 1. The van der Waals surface area contributed by atoms with Gasteiger partial charge in [-0.15, -0.1) is 0 Å². The summed E-state index contributed by atoms with van der Waals surface area (Å²) < 4.78 is 39.4. The first-order valence-corrected chi connectivity index (χ1v) is 11.5. The maximum Gasteiger partial charge on any atom is 0.417 e. The van der Waals surface area contributed by atoms with Crippen LogP contribution in [0.15, 0.2) is 12.3 Å². The smallest absolute Gasteiger partial charge is 0.337 e. The van der Waals surface area contributed by atoms with Crippen LogP contribution in [-0.4, -0.2) is 34.4 Å². The number of pyridine rings is 1. The average Bonchev–Trinajstić information content (AvgIpc) is 3.42. The van der Waals surface area contributed by atoms with Crippen molar-refractivity contribution in [1.82, 2.24) is 15.2 Å². The molecule has 30 heavy (non-hydrogen) atoms. The van der Waals surface area contributed by atoms with Crippen LogP contribution in [0.4, 0.5) is 13.2 Å². The van der Waals surface area contributed by atoms with Gasteiger partial charge in [-0.1, -0.05) is 19.3 Å². The van der Waals surface area contributed by atoms with E-state index in [1.54, 1.807) is 0 Å². The van der Waals surface area contributed by atoms with Crippen LogP contribution in [0.25, 0.3) is 0 Å². The van der Waals surface area contributed by atoms with Gasteiger partial charge in [0.05, 0.1) is 11.0 Å². The molecular formula is C23H30F3N3O. The van der Waals surface area contributed by atoms with E-state index in [2.05, 4.69) is 10.3 Å². The van der Waals surface area contributed by atoms with Gasteiger partial charge in [-0.3, -0.25) is 9.78 Å². The number of alkyl halides is 3. The largest absolute Gasteiger partial charge is 0.417 e. The molecule has 4 nitrogen and oxygen atoms in total. The molecule has 1 N–H and O–H groups in total. The minimum atomic E-state index is -4.41. The van der Waals surface area contributed by atoms with Gasteiger partial charge in [0.15, 0.2) is 0 Å². The molecule has 1 aromatic rings. The fraction of sp³-hybridized carbons (Fsp3) is 0.739. The van der Waals surface area contributed by atoms with E-state index >= 15 is 0 Å². The van der Waals surface area contributed by atoms with Crippen molar-refractivity contribution in [3.05, 3.63) is 29.1 Å². The van der Waals surface area contributed by atoms with E-state index in [0.29, 0.717) is 42.2 Å². The number of halogens is 3. The van der Waals surface area contributed by atoms with Crippen molar-refractivity contribution < 1.29 is 18.0 Å². The number of carbonyl (C=O) groups excluding carboxylic acids is 1. The molecule has 0 spiro atoms. The van der Waals surface area contributed by atoms with Gasteiger partial charge in [0, 0.05) is 43.5 Å². The maximum absolute atomic E-state index is 13.7. The van der Waals surface area contributed by atoms with E-state index in [1.807, 2.05) is 4.90 Å². The second kappa shape index (κ2) is 7.50. The minimum absolute atomic E-state index is 0.170. The Bertz CT molecular complexity index is 820. The summed E-state index contributed by atoms with van der Waals surface area (Å²) in [5.74, 6) is 0.578. The number of carbonyl (C=O) groups is 1. The molecule has 3 atom stereocenters. The summed E-state index contributed by atoms with van der Waals surface area (Å²) in [5.41, 5.74) is 0.200. The zero-order valence-electron chi connectivity index (χ0n) is 17.3. The molecule has 3 saturated carbocycles. The molecule has 5 rings (SSSR count). The molecule has 7 heteroatoms. The molecule has 3 aliphatic carbocycles. The third-order valence-corrected chi connectivity index (χ3v) is 8.04. The van der Waals surface area contributed by atoms with Crippen LogP contribution in [0.1, 0.15) is 74.6 Å². The summed E-state index contributed by atoms with van der Waals surface area (Å²) >= 11 is 0. The Balaban J connectivity index is 1.33. The summed E-state index contributed by atoms with van der Waals surface area (Å²) in [6.45, 7) is 0.805. The lowest BCUT2D eigenvalue weighted by atomic mass is 9.78. The predicted molar refractivity (Wildman–Crippen MR) is 107 cm³/mol. The summed E-state index contributed by atoms with van der Waals surface area (Å²) in [5, 5.41) is 3.82. The lowest BCUT2D eigenvalue weighted by Gasteiger charge is -2.37. The van der Waals surface area contributed by atoms with Crippen molar-refractivity contribution in [2.75, 3.05) is 6.54 Å². The quantitative estimate of drug-likeness (QED) is 0.784. The maximum atomic E-state index is 13.7. The van der Waals surface area contributed by atoms with Gasteiger partial charge in [-0.05, 0) is 56.1 Å². The average molecular weight is 422 g/mol. The zero-order valence-corrected chi connectivity index (χ0v) is 17.3. The lowest BCUT2D eigenvalue weighted by molar-refractivity contribution is -0.144. The summed E-state index contributed by atoms with van der Waals surface area (Å²) in [6.07, 6.45) is 7.13. The van der Waals surface area contributed by atoms with Crippen molar-refractivity contribution in [3.8, 4) is 0 Å². The molecular weight excluding hydrogens is 391 g/mol. The van der Waals surface area contributed by atoms with E-state index in [9.17, 15) is 18.0 Å². The van der Waals surface area contributed by atoms with Crippen molar-refractivity contribution in [2.24, 2.45) is 11.3 Å². The van der Waals surface area contributed by atoms with Gasteiger partial charge < -0.3 is 10.2 Å². The number of fused-ring (bicyclic) bond motifs is 2. The summed E-state index contributed by atoms with van der Waals surface area (Å²) in [4.78, 5) is 19.6. The minimum Gasteiger partial charge on any atom is -0.337 e. The lowest BCUT2D eigenvalue weighted by Crippen LogP contribution is -2.47. The first kappa shape index (κ1) is 20.3. The Hall–Kier alpha value is -1.63. The van der Waals surface area contributed by atoms with Crippen molar-refractivity contribution in [1.29, 1.82) is 0 Å². The highest BCUT2D eigenvalue weighted by atomic mass is 19.4. The van der Waals surface area contributed by atoms with Gasteiger partial charge in [-0.25, -0.2) is 0 Å². The Morgan fingerprint density at radius 1 is 1.17 bits per heavy atom. The van der Waals surface area contributed by atoms with Crippen molar-refractivity contribution in [3.63, 3.8) is 0 Å². The van der Waals surface area contributed by atoms with E-state index in [0.717, 1.165) is 38.3 Å². The van der Waals surface area contributed by atoms with Gasteiger partial charge >= 0.3 is 6.18 Å². The molecule has 1 aliphatic heterocycles. The number of nitrogens with one attached hydrogen (secondary N) is 1. The Morgan fingerprint density at radius 3 is 2.73 bits per heavy atom. The molecule has 4 aliphatic rings. The van der Waals surface area contributed by atoms with Crippen LogP contribution in [0.3, 0.4) is 0 Å². The normalized spacial score (nSPS) is 31.8. The molecule has 0 aromatic carbocycles. The van der Waals surface area contributed by atoms with Gasteiger partial charge in [-0.2, -0.15) is 13.2 Å². The van der Waals surface area contributed by atoms with E-state index in [-0.39, 0.29) is 17.9 Å². The van der Waals surface area contributed by atoms with Gasteiger partial charge in [0.2, 0.25) is 5.91 Å². The Morgan fingerprint density at radius 2 is 1.97 bits per heavy atom. The molecule has 3 fully saturated rings. The molecule has 1 amide bonds. The van der Waals surface area contributed by atoms with Crippen LogP contribution in [0, 0.1) is 11.3 Å². The van der Waals surface area contributed by atoms with E-state index in [1.165, 1.54) is 31.7 Å². The first-order chi connectivity index (χ1) is 14.3. The molecule has 0 bridgehead atoms. The fourth-order valence-electron chi connectivity index (χ4n) is 6.61. The summed E-state index contributed by atoms with van der Waals surface area (Å²) in [7, 11) is 0. The standard InChI is InChI=1S/C23H30F3N3O/c24-23(25,26)17-10-15-14-29(9-7-20(15)27-13-17)21(30)22-8-3-4-16(22)11-19(12-22)28-18-5-1-2-6-18/h10,13,16,18-19,28H,1-9,11-12,14H2/t16-,19-,22-/m1/s1. The highest BCUT2D eigenvalue weighted by Gasteiger charge is 2.56. The molecule has 0 radical (unpaired) electrons. The second-order valence-corrected chi connectivity index (χ2v) is 9.83. The molecule has 0 saturated heterocycles. The number of rotatable bonds is 3. The van der Waals surface area contributed by atoms with Crippen LogP contribution in [0.2, 0.25) is 0 Å². The Kier molecular flexibility index (Phi) is 5.07. The molecule has 1 aromatic heterocycles. The van der Waals surface area contributed by atoms with E-state index in [4.69, 9.17) is 0 Å². The summed E-state index contributed by atoms with van der Waals surface area (Å²) in [6, 6.07) is 2.18. The number of nitrogens with zero attached hydrogens (tertiary/aromatic N) is 2. The Labute approximate surface area is 175 Å². The SMILES string of the molecule is O=C(N1CCc2ncc(C(F)(F)F)cc2C1)[C@@]12CCC[C@@H]1C[C@@H](NC1CCCC1)C2. The van der Waals surface area contributed by atoms with Crippen molar-refractivity contribution >= 4 is 5.91 Å². The molecule has 0 unspecified atom stereocenters. The predicted octanol–water partition coefficient (Wildman–Crippen LogP) is 4.47. The fourth-order valence-corrected chi connectivity index (χ4v) is 6.61. The van der Waals surface area contributed by atoms with Crippen LogP contribution in [0.5, 0.6) is 0 Å². The number of amides is 1. The third-order valence-electron chi connectivity index (χ3n) is 8.04. The number of aromatic nitrogens is 1. The van der Waals surface area contributed by atoms with Crippen LogP contribution < -0.4 is 5.32 Å². The van der Waals surface area contributed by atoms with Gasteiger partial charge in [0.25, 0.3) is 0 Å². The first-order valence-electron chi connectivity index (χ1n) is 11.5. The highest BCUT2D eigenvalue weighted by Crippen LogP contribution is 2.55. The van der Waals surface area contributed by atoms with Crippen LogP contribution >= 0.6 is 0 Å². The second-order valence-electron chi connectivity index (χ2n) is 9.83. The van der Waals surface area contributed by atoms with Gasteiger partial charge in [0.1, 0.15) is 0 Å². The third kappa shape index (κ3) is 3.53. The highest BCUT2D eigenvalue weighted by molar-refractivity contribution is 5.84.